The lowest BCUT2D eigenvalue weighted by atomic mass is 10.1. The lowest BCUT2D eigenvalue weighted by Crippen LogP contribution is -2.18. The fourth-order valence-corrected chi connectivity index (χ4v) is 2.00. The summed E-state index contributed by atoms with van der Waals surface area (Å²) in [6.07, 6.45) is 6.39. The van der Waals surface area contributed by atoms with Gasteiger partial charge in [0.1, 0.15) is 5.69 Å². The van der Waals surface area contributed by atoms with Gasteiger partial charge < -0.3 is 10.5 Å². The Morgan fingerprint density at radius 2 is 2.17 bits per heavy atom. The van der Waals surface area contributed by atoms with Crippen LogP contribution in [-0.4, -0.2) is 26.7 Å². The number of rotatable bonds is 5. The molecule has 0 aliphatic rings. The van der Waals surface area contributed by atoms with E-state index in [1.807, 2.05) is 17.9 Å². The molecule has 1 atom stereocenters. The summed E-state index contributed by atoms with van der Waals surface area (Å²) in [4.78, 5) is 0. The van der Waals surface area contributed by atoms with Gasteiger partial charge in [-0.15, -0.1) is 0 Å². The summed E-state index contributed by atoms with van der Waals surface area (Å²) in [5.41, 5.74) is 8.14. The first kappa shape index (κ1) is 12.6. The van der Waals surface area contributed by atoms with Crippen molar-refractivity contribution in [1.29, 1.82) is 0 Å². The molecular formula is C12H19N5O. The van der Waals surface area contributed by atoms with Crippen molar-refractivity contribution in [2.45, 2.75) is 25.9 Å². The van der Waals surface area contributed by atoms with Gasteiger partial charge in [0.2, 0.25) is 0 Å². The molecule has 0 bridgehead atoms. The largest absolute Gasteiger partial charge is 0.493 e. The summed E-state index contributed by atoms with van der Waals surface area (Å²) in [6.45, 7) is 2.93. The van der Waals surface area contributed by atoms with E-state index >= 15 is 0 Å². The Hall–Kier alpha value is -1.82. The van der Waals surface area contributed by atoms with E-state index in [1.54, 1.807) is 24.2 Å². The Bertz CT molecular complexity index is 516. The van der Waals surface area contributed by atoms with Crippen LogP contribution in [0, 0.1) is 0 Å². The summed E-state index contributed by atoms with van der Waals surface area (Å²) in [5.74, 6) is 0.722. The fraction of sp³-hybridized carbons (Fsp3) is 0.500. The lowest BCUT2D eigenvalue weighted by molar-refractivity contribution is 0.404. The molecule has 0 aliphatic carbocycles. The standard InChI is InChI=1S/C12H19N5O/c1-4-5-17-12(10(18-3)7-15-17)11(13)9-6-14-16(2)8-9/h6-8,11H,4-5,13H2,1-3H3. The van der Waals surface area contributed by atoms with E-state index in [4.69, 9.17) is 10.5 Å². The Balaban J connectivity index is 2.38. The van der Waals surface area contributed by atoms with Crippen molar-refractivity contribution >= 4 is 0 Å². The van der Waals surface area contributed by atoms with E-state index in [0.717, 1.165) is 30.0 Å². The van der Waals surface area contributed by atoms with Gasteiger partial charge in [-0.3, -0.25) is 9.36 Å². The molecule has 6 nitrogen and oxygen atoms in total. The summed E-state index contributed by atoms with van der Waals surface area (Å²) in [7, 11) is 3.50. The van der Waals surface area contributed by atoms with E-state index in [-0.39, 0.29) is 6.04 Å². The van der Waals surface area contributed by atoms with Crippen molar-refractivity contribution in [2.24, 2.45) is 12.8 Å². The molecular weight excluding hydrogens is 230 g/mol. The van der Waals surface area contributed by atoms with Crippen LogP contribution < -0.4 is 10.5 Å². The Kier molecular flexibility index (Phi) is 3.66. The first-order valence-corrected chi connectivity index (χ1v) is 6.01. The third kappa shape index (κ3) is 2.24. The Morgan fingerprint density at radius 3 is 2.72 bits per heavy atom. The van der Waals surface area contributed by atoms with Crippen molar-refractivity contribution < 1.29 is 4.74 Å². The second-order valence-electron chi connectivity index (χ2n) is 4.25. The molecule has 0 saturated heterocycles. The maximum Gasteiger partial charge on any atom is 0.161 e. The van der Waals surface area contributed by atoms with E-state index in [0.29, 0.717) is 0 Å². The molecule has 2 heterocycles. The number of nitrogens with two attached hydrogens (primary N) is 1. The smallest absolute Gasteiger partial charge is 0.161 e. The van der Waals surface area contributed by atoms with Crippen molar-refractivity contribution in [3.8, 4) is 5.75 Å². The maximum absolute atomic E-state index is 6.29. The van der Waals surface area contributed by atoms with Crippen LogP contribution in [0.1, 0.15) is 30.6 Å². The van der Waals surface area contributed by atoms with Gasteiger partial charge in [0.25, 0.3) is 0 Å². The molecule has 0 fully saturated rings. The summed E-state index contributed by atoms with van der Waals surface area (Å²) < 4.78 is 8.97. The number of methoxy groups -OCH3 is 1. The molecule has 2 aromatic rings. The topological polar surface area (TPSA) is 70.9 Å². The van der Waals surface area contributed by atoms with Crippen LogP contribution in [-0.2, 0) is 13.6 Å². The van der Waals surface area contributed by atoms with Crippen LogP contribution in [0.4, 0.5) is 0 Å². The zero-order chi connectivity index (χ0) is 13.1. The third-order valence-electron chi connectivity index (χ3n) is 2.88. The van der Waals surface area contributed by atoms with Crippen LogP contribution >= 0.6 is 0 Å². The summed E-state index contributed by atoms with van der Waals surface area (Å²) >= 11 is 0. The molecule has 0 spiro atoms. The number of aromatic nitrogens is 4. The zero-order valence-corrected chi connectivity index (χ0v) is 11.0. The molecule has 2 N–H and O–H groups in total. The molecule has 0 aliphatic heterocycles. The molecule has 2 aromatic heterocycles. The van der Waals surface area contributed by atoms with Crippen LogP contribution in [0.3, 0.4) is 0 Å². The molecule has 0 aromatic carbocycles. The van der Waals surface area contributed by atoms with Crippen LogP contribution in [0.15, 0.2) is 18.6 Å². The predicted molar refractivity (Wildman–Crippen MR) is 68.3 cm³/mol. The highest BCUT2D eigenvalue weighted by Crippen LogP contribution is 2.28. The second kappa shape index (κ2) is 5.22. The summed E-state index contributed by atoms with van der Waals surface area (Å²) in [6, 6.07) is -0.275. The highest BCUT2D eigenvalue weighted by Gasteiger charge is 2.21. The molecule has 98 valence electrons. The van der Waals surface area contributed by atoms with Crippen LogP contribution in [0.2, 0.25) is 0 Å². The van der Waals surface area contributed by atoms with Gasteiger partial charge in [-0.2, -0.15) is 10.2 Å². The predicted octanol–water partition coefficient (Wildman–Crippen LogP) is 1.08. The highest BCUT2D eigenvalue weighted by molar-refractivity contribution is 5.34. The average molecular weight is 249 g/mol. The number of hydrogen-bond donors (Lipinski definition) is 1. The van der Waals surface area contributed by atoms with Crippen LogP contribution in [0.5, 0.6) is 5.75 Å². The van der Waals surface area contributed by atoms with Crippen LogP contribution in [0.25, 0.3) is 0 Å². The first-order valence-electron chi connectivity index (χ1n) is 6.01. The molecule has 0 saturated carbocycles. The zero-order valence-electron chi connectivity index (χ0n) is 11.0. The highest BCUT2D eigenvalue weighted by atomic mass is 16.5. The molecule has 2 rings (SSSR count). The number of ether oxygens (including phenoxy) is 1. The van der Waals surface area contributed by atoms with Crippen molar-refractivity contribution in [3.05, 3.63) is 29.8 Å². The minimum atomic E-state index is -0.275. The minimum Gasteiger partial charge on any atom is -0.493 e. The molecule has 0 amide bonds. The monoisotopic (exact) mass is 249 g/mol. The van der Waals surface area contributed by atoms with E-state index in [9.17, 15) is 0 Å². The molecule has 1 unspecified atom stereocenters. The average Bonchev–Trinajstić information content (AvgIpc) is 2.95. The van der Waals surface area contributed by atoms with Gasteiger partial charge >= 0.3 is 0 Å². The van der Waals surface area contributed by atoms with Gasteiger partial charge in [-0.1, -0.05) is 6.92 Å². The quantitative estimate of drug-likeness (QED) is 0.861. The number of hydrogen-bond acceptors (Lipinski definition) is 4. The van der Waals surface area contributed by atoms with Gasteiger partial charge in [0.15, 0.2) is 5.75 Å². The van der Waals surface area contributed by atoms with E-state index in [1.165, 1.54) is 0 Å². The number of nitrogens with zero attached hydrogens (tertiary/aromatic N) is 4. The third-order valence-corrected chi connectivity index (χ3v) is 2.88. The Labute approximate surface area is 106 Å². The molecule has 0 radical (unpaired) electrons. The van der Waals surface area contributed by atoms with E-state index in [2.05, 4.69) is 17.1 Å². The maximum atomic E-state index is 6.29. The SMILES string of the molecule is CCCn1ncc(OC)c1C(N)c1cnn(C)c1. The normalized spacial score (nSPS) is 12.7. The first-order chi connectivity index (χ1) is 8.67. The summed E-state index contributed by atoms with van der Waals surface area (Å²) in [5, 5.41) is 8.46. The van der Waals surface area contributed by atoms with Gasteiger partial charge in [0.05, 0.1) is 25.5 Å². The molecule has 18 heavy (non-hydrogen) atoms. The van der Waals surface area contributed by atoms with Gasteiger partial charge in [-0.25, -0.2) is 0 Å². The Morgan fingerprint density at radius 1 is 1.39 bits per heavy atom. The van der Waals surface area contributed by atoms with E-state index < -0.39 is 0 Å². The molecule has 6 heteroatoms. The number of aryl methyl sites for hydroxylation is 2. The van der Waals surface area contributed by atoms with Gasteiger partial charge in [-0.05, 0) is 6.42 Å². The van der Waals surface area contributed by atoms with Crippen molar-refractivity contribution in [3.63, 3.8) is 0 Å². The fourth-order valence-electron chi connectivity index (χ4n) is 2.00. The van der Waals surface area contributed by atoms with Crippen molar-refractivity contribution in [2.75, 3.05) is 7.11 Å². The van der Waals surface area contributed by atoms with Crippen molar-refractivity contribution in [1.82, 2.24) is 19.6 Å². The minimum absolute atomic E-state index is 0.275. The second-order valence-corrected chi connectivity index (χ2v) is 4.25. The van der Waals surface area contributed by atoms with Gasteiger partial charge in [0, 0.05) is 25.4 Å². The lowest BCUT2D eigenvalue weighted by Gasteiger charge is -2.14.